The number of hydrogen-bond acceptors (Lipinski definition) is 0. The first kappa shape index (κ1) is 40.6. The summed E-state index contributed by atoms with van der Waals surface area (Å²) >= 11 is 0. The van der Waals surface area contributed by atoms with E-state index >= 15 is 0 Å². The second-order valence-corrected chi connectivity index (χ2v) is 20.5. The largest absolute Gasteiger partial charge is 0.309 e. The van der Waals surface area contributed by atoms with Crippen molar-refractivity contribution in [3.63, 3.8) is 0 Å². The first-order valence-electron chi connectivity index (χ1n) is 24.7. The minimum absolute atomic E-state index is 0.169. The summed E-state index contributed by atoms with van der Waals surface area (Å²) in [5.74, 6) is 0. The van der Waals surface area contributed by atoms with Crippen molar-refractivity contribution >= 4 is 55.3 Å². The lowest BCUT2D eigenvalue weighted by Crippen LogP contribution is -2.17. The minimum atomic E-state index is -0.185. The van der Waals surface area contributed by atoms with Gasteiger partial charge in [-0.3, -0.25) is 0 Å². The van der Waals surface area contributed by atoms with Gasteiger partial charge in [-0.15, -0.1) is 0 Å². The standard InChI is InChI=1S/C68H50N2/c1-67(2)59-37-43(36-54(44-18-8-5-9-19-44)47-31-35-66-58(39-47)53-25-15-17-27-64(53)70(66)49-22-12-7-13-23-49)28-32-50(59)55-41-62-56(42-61(55)67)51-33-29-46(40-60(51)68(62,3)4)45-30-34-65-57(38-45)52-24-14-16-26-63(52)69(65)48-20-10-6-11-21-48/h5-42H,1-4H3/b54-36+. The number of rotatable bonds is 6. The summed E-state index contributed by atoms with van der Waals surface area (Å²) in [6, 6.07) is 83.4. The van der Waals surface area contributed by atoms with Crippen LogP contribution >= 0.6 is 0 Å². The SMILES string of the molecule is CC1(C)c2cc(/C=C(\c3ccccc3)c3ccc4c(c3)c3ccccc3n4-c3ccccc3)ccc2-c2cc3c(cc21)-c1ccc(-c2ccc4c(c2)c2ccccc2n4-c2ccccc2)cc1C3(C)C. The Bertz CT molecular complexity index is 4140. The van der Waals surface area contributed by atoms with Gasteiger partial charge in [0.2, 0.25) is 0 Å². The van der Waals surface area contributed by atoms with E-state index in [0.717, 1.165) is 0 Å². The third-order valence-corrected chi connectivity index (χ3v) is 15.9. The van der Waals surface area contributed by atoms with Gasteiger partial charge in [-0.25, -0.2) is 0 Å². The van der Waals surface area contributed by atoms with Crippen LogP contribution in [0, 0.1) is 0 Å². The molecule has 2 heteroatoms. The van der Waals surface area contributed by atoms with Crippen LogP contribution in [0.5, 0.6) is 0 Å². The molecule has 0 aliphatic heterocycles. The first-order valence-corrected chi connectivity index (χ1v) is 24.7. The molecule has 2 heterocycles. The number of nitrogens with zero attached hydrogens (tertiary/aromatic N) is 2. The smallest absolute Gasteiger partial charge is 0.0541 e. The minimum Gasteiger partial charge on any atom is -0.309 e. The summed E-state index contributed by atoms with van der Waals surface area (Å²) in [4.78, 5) is 0. The maximum Gasteiger partial charge on any atom is 0.0541 e. The first-order chi connectivity index (χ1) is 34.2. The number of fused-ring (bicyclic) bond motifs is 12. The van der Waals surface area contributed by atoms with E-state index in [0.29, 0.717) is 0 Å². The maximum absolute atomic E-state index is 2.54. The van der Waals surface area contributed by atoms with Crippen LogP contribution in [0.25, 0.3) is 100 Å². The molecule has 70 heavy (non-hydrogen) atoms. The molecule has 10 aromatic carbocycles. The summed E-state index contributed by atoms with van der Waals surface area (Å²) < 4.78 is 4.78. The van der Waals surface area contributed by atoms with Gasteiger partial charge in [-0.2, -0.15) is 0 Å². The molecule has 2 nitrogen and oxygen atoms in total. The highest BCUT2D eigenvalue weighted by Gasteiger charge is 2.42. The predicted molar refractivity (Wildman–Crippen MR) is 296 cm³/mol. The van der Waals surface area contributed by atoms with Crippen LogP contribution in [0.4, 0.5) is 0 Å². The summed E-state index contributed by atoms with van der Waals surface area (Å²) in [5.41, 5.74) is 25.2. The fourth-order valence-electron chi connectivity index (χ4n) is 12.4. The van der Waals surface area contributed by atoms with Gasteiger partial charge in [0.1, 0.15) is 0 Å². The summed E-state index contributed by atoms with van der Waals surface area (Å²) in [7, 11) is 0. The Morgan fingerprint density at radius 3 is 1.37 bits per heavy atom. The fourth-order valence-corrected chi connectivity index (χ4v) is 12.4. The molecule has 2 aromatic heterocycles. The Balaban J connectivity index is 0.840. The van der Waals surface area contributed by atoms with E-state index < -0.39 is 0 Å². The monoisotopic (exact) mass is 894 g/mol. The second kappa shape index (κ2) is 15.0. The molecule has 0 bridgehead atoms. The molecule has 14 rings (SSSR count). The van der Waals surface area contributed by atoms with Crippen molar-refractivity contribution in [1.82, 2.24) is 9.13 Å². The van der Waals surface area contributed by atoms with Crippen LogP contribution in [0.3, 0.4) is 0 Å². The van der Waals surface area contributed by atoms with E-state index in [-0.39, 0.29) is 10.8 Å². The lowest BCUT2D eigenvalue weighted by atomic mass is 9.79. The lowest BCUT2D eigenvalue weighted by Gasteiger charge is -2.24. The van der Waals surface area contributed by atoms with Gasteiger partial charge in [0.15, 0.2) is 0 Å². The molecule has 2 aliphatic rings. The summed E-state index contributed by atoms with van der Waals surface area (Å²) in [6.45, 7) is 9.67. The molecule has 0 spiro atoms. The average molecular weight is 895 g/mol. The number of para-hydroxylation sites is 4. The molecule has 0 unspecified atom stereocenters. The van der Waals surface area contributed by atoms with Crippen LogP contribution in [-0.4, -0.2) is 9.13 Å². The average Bonchev–Trinajstić information content (AvgIpc) is 4.06. The van der Waals surface area contributed by atoms with Crippen molar-refractivity contribution in [3.8, 4) is 44.8 Å². The zero-order valence-electron chi connectivity index (χ0n) is 39.8. The Hall–Kier alpha value is -8.46. The van der Waals surface area contributed by atoms with Gasteiger partial charge < -0.3 is 9.13 Å². The molecule has 0 N–H and O–H groups in total. The summed E-state index contributed by atoms with van der Waals surface area (Å²) in [6.07, 6.45) is 2.40. The second-order valence-electron chi connectivity index (χ2n) is 20.5. The number of aromatic nitrogens is 2. The molecule has 12 aromatic rings. The van der Waals surface area contributed by atoms with Crippen molar-refractivity contribution < 1.29 is 0 Å². The third-order valence-electron chi connectivity index (χ3n) is 15.9. The van der Waals surface area contributed by atoms with Gasteiger partial charge in [0.25, 0.3) is 0 Å². The van der Waals surface area contributed by atoms with Crippen LogP contribution in [0.2, 0.25) is 0 Å². The highest BCUT2D eigenvalue weighted by atomic mass is 15.0. The molecule has 0 radical (unpaired) electrons. The van der Waals surface area contributed by atoms with Gasteiger partial charge >= 0.3 is 0 Å². The van der Waals surface area contributed by atoms with Crippen LogP contribution < -0.4 is 0 Å². The van der Waals surface area contributed by atoms with E-state index in [1.54, 1.807) is 0 Å². The molecule has 0 saturated heterocycles. The van der Waals surface area contributed by atoms with Crippen molar-refractivity contribution in [2.75, 3.05) is 0 Å². The third kappa shape index (κ3) is 5.93. The Labute approximate surface area is 409 Å². The van der Waals surface area contributed by atoms with E-state index in [1.165, 1.54) is 133 Å². The zero-order valence-corrected chi connectivity index (χ0v) is 39.8. The Morgan fingerprint density at radius 2 is 0.771 bits per heavy atom. The zero-order chi connectivity index (χ0) is 46.9. The summed E-state index contributed by atoms with van der Waals surface area (Å²) in [5, 5.41) is 5.06. The van der Waals surface area contributed by atoms with Gasteiger partial charge in [0, 0.05) is 43.7 Å². The highest BCUT2D eigenvalue weighted by molar-refractivity contribution is 6.12. The molecule has 0 atom stereocenters. The van der Waals surface area contributed by atoms with E-state index in [1.807, 2.05) is 0 Å². The van der Waals surface area contributed by atoms with Crippen molar-refractivity contribution in [1.29, 1.82) is 0 Å². The molecule has 2 aliphatic carbocycles. The van der Waals surface area contributed by atoms with Crippen LogP contribution in [0.15, 0.2) is 224 Å². The maximum atomic E-state index is 2.54. The van der Waals surface area contributed by atoms with Crippen LogP contribution in [-0.2, 0) is 10.8 Å². The van der Waals surface area contributed by atoms with Gasteiger partial charge in [-0.1, -0.05) is 173 Å². The lowest BCUT2D eigenvalue weighted by molar-refractivity contribution is 0.652. The molecule has 332 valence electrons. The molecule has 0 amide bonds. The van der Waals surface area contributed by atoms with E-state index in [4.69, 9.17) is 0 Å². The van der Waals surface area contributed by atoms with Gasteiger partial charge in [-0.05, 0) is 163 Å². The van der Waals surface area contributed by atoms with Crippen molar-refractivity contribution in [3.05, 3.63) is 263 Å². The molecule has 0 saturated carbocycles. The van der Waals surface area contributed by atoms with Gasteiger partial charge in [0.05, 0.1) is 22.1 Å². The molecular weight excluding hydrogens is 845 g/mol. The van der Waals surface area contributed by atoms with Crippen molar-refractivity contribution in [2.24, 2.45) is 0 Å². The predicted octanol–water partition coefficient (Wildman–Crippen LogP) is 17.7. The molecule has 0 fully saturated rings. The van der Waals surface area contributed by atoms with E-state index in [2.05, 4.69) is 267 Å². The Kier molecular flexibility index (Phi) is 8.71. The van der Waals surface area contributed by atoms with E-state index in [9.17, 15) is 0 Å². The van der Waals surface area contributed by atoms with Crippen molar-refractivity contribution in [2.45, 2.75) is 38.5 Å². The Morgan fingerprint density at radius 1 is 0.329 bits per heavy atom. The number of benzene rings is 10. The molecular formula is C68H50N2. The highest BCUT2D eigenvalue weighted by Crippen LogP contribution is 2.57. The fraction of sp³-hybridized carbons (Fsp3) is 0.0882. The normalized spacial score (nSPS) is 14.3. The quantitative estimate of drug-likeness (QED) is 0.147. The number of hydrogen-bond donors (Lipinski definition) is 0. The van der Waals surface area contributed by atoms with Crippen LogP contribution in [0.1, 0.15) is 66.6 Å². The topological polar surface area (TPSA) is 9.86 Å².